The number of ether oxygens (including phenoxy) is 1. The van der Waals surface area contributed by atoms with Crippen molar-refractivity contribution in [1.82, 2.24) is 0 Å². The summed E-state index contributed by atoms with van der Waals surface area (Å²) in [7, 11) is 0. The Morgan fingerprint density at radius 2 is 2.12 bits per heavy atom. The smallest absolute Gasteiger partial charge is 0.173 e. The summed E-state index contributed by atoms with van der Waals surface area (Å²) in [5.74, 6) is 1.03. The maximum absolute atomic E-state index is 11.9. The van der Waals surface area contributed by atoms with Gasteiger partial charge in [0.25, 0.3) is 0 Å². The first-order chi connectivity index (χ1) is 7.43. The molecular formula is C13H18O3. The summed E-state index contributed by atoms with van der Waals surface area (Å²) in [6, 6.07) is 0. The number of carbonyl (C=O) groups excluding carboxylic acids is 2. The van der Waals surface area contributed by atoms with Crippen LogP contribution in [-0.2, 0) is 14.3 Å². The molecule has 16 heavy (non-hydrogen) atoms. The lowest BCUT2D eigenvalue weighted by atomic mass is 9.76. The first kappa shape index (κ1) is 11.4. The lowest BCUT2D eigenvalue weighted by Crippen LogP contribution is -2.24. The van der Waals surface area contributed by atoms with Crippen LogP contribution in [0.15, 0.2) is 11.3 Å². The maximum atomic E-state index is 11.9. The fraction of sp³-hybridized carbons (Fsp3) is 0.692. The van der Waals surface area contributed by atoms with E-state index >= 15 is 0 Å². The molecule has 0 N–H and O–H groups in total. The van der Waals surface area contributed by atoms with Gasteiger partial charge in [-0.1, -0.05) is 20.8 Å². The number of hydrogen-bond acceptors (Lipinski definition) is 3. The minimum atomic E-state index is -0.396. The second kappa shape index (κ2) is 3.72. The van der Waals surface area contributed by atoms with Gasteiger partial charge in [-0.25, -0.2) is 0 Å². The third-order valence-electron chi connectivity index (χ3n) is 3.33. The van der Waals surface area contributed by atoms with Crippen LogP contribution in [0.4, 0.5) is 0 Å². The van der Waals surface area contributed by atoms with E-state index in [4.69, 9.17) is 4.74 Å². The Morgan fingerprint density at radius 1 is 1.44 bits per heavy atom. The van der Waals surface area contributed by atoms with E-state index in [1.807, 2.05) is 6.92 Å². The van der Waals surface area contributed by atoms with Gasteiger partial charge in [-0.2, -0.15) is 0 Å². The molecule has 1 aliphatic carbocycles. The molecule has 0 saturated heterocycles. The van der Waals surface area contributed by atoms with Crippen LogP contribution >= 0.6 is 0 Å². The standard InChI is InChI=1S/C13H18O3/c1-4-9(14)11-5-8-10(15)6-13(2,3)7-12(8)16-11/h11H,4-7H2,1-3H3. The number of rotatable bonds is 2. The van der Waals surface area contributed by atoms with Crippen molar-refractivity contribution in [2.45, 2.75) is 52.6 Å². The molecule has 1 atom stereocenters. The van der Waals surface area contributed by atoms with Gasteiger partial charge in [0.2, 0.25) is 0 Å². The molecule has 0 fully saturated rings. The first-order valence-electron chi connectivity index (χ1n) is 5.87. The van der Waals surface area contributed by atoms with Gasteiger partial charge < -0.3 is 4.74 Å². The van der Waals surface area contributed by atoms with E-state index in [9.17, 15) is 9.59 Å². The second-order valence-corrected chi connectivity index (χ2v) is 5.47. The van der Waals surface area contributed by atoms with E-state index in [1.165, 1.54) is 0 Å². The van der Waals surface area contributed by atoms with Crippen LogP contribution in [0.2, 0.25) is 0 Å². The van der Waals surface area contributed by atoms with Crippen LogP contribution in [0.3, 0.4) is 0 Å². The lowest BCUT2D eigenvalue weighted by molar-refractivity contribution is -0.127. The van der Waals surface area contributed by atoms with Gasteiger partial charge in [-0.3, -0.25) is 9.59 Å². The normalized spacial score (nSPS) is 27.7. The molecule has 0 radical (unpaired) electrons. The minimum absolute atomic E-state index is 0.0277. The summed E-state index contributed by atoms with van der Waals surface area (Å²) in [5.41, 5.74) is 0.742. The topological polar surface area (TPSA) is 43.4 Å². The number of allylic oxidation sites excluding steroid dienone is 1. The highest BCUT2D eigenvalue weighted by molar-refractivity contribution is 5.99. The third-order valence-corrected chi connectivity index (χ3v) is 3.33. The van der Waals surface area contributed by atoms with Gasteiger partial charge >= 0.3 is 0 Å². The second-order valence-electron chi connectivity index (χ2n) is 5.47. The summed E-state index contributed by atoms with van der Waals surface area (Å²) < 4.78 is 5.63. The van der Waals surface area contributed by atoms with Crippen LogP contribution in [0.1, 0.15) is 46.5 Å². The van der Waals surface area contributed by atoms with Crippen molar-refractivity contribution in [3.8, 4) is 0 Å². The molecule has 3 nitrogen and oxygen atoms in total. The summed E-state index contributed by atoms with van der Waals surface area (Å²) in [5, 5.41) is 0. The SMILES string of the molecule is CCC(=O)C1CC2=C(CC(C)(C)CC2=O)O1. The van der Waals surface area contributed by atoms with Crippen LogP contribution in [0, 0.1) is 5.41 Å². The van der Waals surface area contributed by atoms with Gasteiger partial charge in [-0.15, -0.1) is 0 Å². The van der Waals surface area contributed by atoms with Gasteiger partial charge in [0.1, 0.15) is 5.76 Å². The van der Waals surface area contributed by atoms with Crippen molar-refractivity contribution in [2.24, 2.45) is 5.41 Å². The van der Waals surface area contributed by atoms with Gasteiger partial charge in [-0.05, 0) is 5.41 Å². The molecule has 0 amide bonds. The van der Waals surface area contributed by atoms with E-state index in [0.29, 0.717) is 19.3 Å². The van der Waals surface area contributed by atoms with E-state index in [1.54, 1.807) is 0 Å². The van der Waals surface area contributed by atoms with Crippen molar-refractivity contribution in [3.05, 3.63) is 11.3 Å². The predicted molar refractivity (Wildman–Crippen MR) is 59.8 cm³/mol. The van der Waals surface area contributed by atoms with Crippen molar-refractivity contribution in [1.29, 1.82) is 0 Å². The number of Topliss-reactive ketones (excluding diaryl/α,β-unsaturated/α-hetero) is 2. The molecule has 0 bridgehead atoms. The zero-order chi connectivity index (χ0) is 11.9. The van der Waals surface area contributed by atoms with Crippen LogP contribution < -0.4 is 0 Å². The summed E-state index contributed by atoms with van der Waals surface area (Å²) in [6.07, 6.45) is 1.93. The van der Waals surface area contributed by atoms with Crippen molar-refractivity contribution >= 4 is 11.6 Å². The maximum Gasteiger partial charge on any atom is 0.173 e. The van der Waals surface area contributed by atoms with Crippen LogP contribution in [0.25, 0.3) is 0 Å². The average Bonchev–Trinajstić information content (AvgIpc) is 2.58. The Balaban J connectivity index is 2.17. The molecule has 0 aromatic carbocycles. The summed E-state index contributed by atoms with van der Waals surface area (Å²) in [4.78, 5) is 23.5. The van der Waals surface area contributed by atoms with E-state index in [-0.39, 0.29) is 17.0 Å². The third kappa shape index (κ3) is 1.91. The molecule has 0 saturated carbocycles. The zero-order valence-electron chi connectivity index (χ0n) is 10.1. The Kier molecular flexibility index (Phi) is 2.64. The van der Waals surface area contributed by atoms with Gasteiger partial charge in [0, 0.05) is 31.3 Å². The van der Waals surface area contributed by atoms with Crippen molar-refractivity contribution < 1.29 is 14.3 Å². The molecule has 88 valence electrons. The number of ketones is 2. The molecule has 1 aliphatic heterocycles. The van der Waals surface area contributed by atoms with E-state index in [0.717, 1.165) is 17.8 Å². The fourth-order valence-electron chi connectivity index (χ4n) is 2.45. The monoisotopic (exact) mass is 222 g/mol. The largest absolute Gasteiger partial charge is 0.486 e. The molecule has 0 aromatic rings. The number of carbonyl (C=O) groups is 2. The fourth-order valence-corrected chi connectivity index (χ4v) is 2.45. The lowest BCUT2D eigenvalue weighted by Gasteiger charge is -2.28. The summed E-state index contributed by atoms with van der Waals surface area (Å²) >= 11 is 0. The quantitative estimate of drug-likeness (QED) is 0.720. The molecule has 2 aliphatic rings. The highest BCUT2D eigenvalue weighted by atomic mass is 16.5. The first-order valence-corrected chi connectivity index (χ1v) is 5.87. The Hall–Kier alpha value is -1.12. The minimum Gasteiger partial charge on any atom is -0.486 e. The predicted octanol–water partition coefficient (Wildman–Crippen LogP) is 2.40. The Labute approximate surface area is 95.9 Å². The van der Waals surface area contributed by atoms with Gasteiger partial charge in [0.15, 0.2) is 17.7 Å². The van der Waals surface area contributed by atoms with E-state index < -0.39 is 6.10 Å². The van der Waals surface area contributed by atoms with Gasteiger partial charge in [0.05, 0.1) is 0 Å². The molecule has 1 unspecified atom stereocenters. The van der Waals surface area contributed by atoms with Crippen molar-refractivity contribution in [3.63, 3.8) is 0 Å². The highest BCUT2D eigenvalue weighted by Crippen LogP contribution is 2.42. The van der Waals surface area contributed by atoms with Crippen molar-refractivity contribution in [2.75, 3.05) is 0 Å². The molecule has 1 heterocycles. The Bertz CT molecular complexity index is 377. The Morgan fingerprint density at radius 3 is 2.75 bits per heavy atom. The molecular weight excluding hydrogens is 204 g/mol. The molecule has 3 heteroatoms. The molecule has 0 aromatic heterocycles. The highest BCUT2D eigenvalue weighted by Gasteiger charge is 2.40. The number of hydrogen-bond donors (Lipinski definition) is 0. The molecule has 2 rings (SSSR count). The average molecular weight is 222 g/mol. The zero-order valence-corrected chi connectivity index (χ0v) is 10.1. The molecule has 0 spiro atoms. The van der Waals surface area contributed by atoms with Crippen LogP contribution in [0.5, 0.6) is 0 Å². The van der Waals surface area contributed by atoms with Crippen LogP contribution in [-0.4, -0.2) is 17.7 Å². The van der Waals surface area contributed by atoms with E-state index in [2.05, 4.69) is 13.8 Å². The summed E-state index contributed by atoms with van der Waals surface area (Å²) in [6.45, 7) is 5.95.